The van der Waals surface area contributed by atoms with Crippen LogP contribution in [0.1, 0.15) is 35.8 Å². The van der Waals surface area contributed by atoms with Crippen molar-refractivity contribution in [3.8, 4) is 5.75 Å². The van der Waals surface area contributed by atoms with Gasteiger partial charge in [-0.2, -0.15) is 0 Å². The lowest BCUT2D eigenvalue weighted by Crippen LogP contribution is -2.38. The summed E-state index contributed by atoms with van der Waals surface area (Å²) in [6.45, 7) is 5.22. The molecule has 0 radical (unpaired) electrons. The summed E-state index contributed by atoms with van der Waals surface area (Å²) in [5.41, 5.74) is 1.58. The molecule has 0 bridgehead atoms. The topological polar surface area (TPSA) is 65.6 Å². The van der Waals surface area contributed by atoms with Crippen molar-refractivity contribution in [1.82, 2.24) is 14.8 Å². The summed E-state index contributed by atoms with van der Waals surface area (Å²) in [6, 6.07) is 11.1. The van der Waals surface area contributed by atoms with Crippen LogP contribution in [-0.4, -0.2) is 59.4 Å². The SMILES string of the molecule is CCCOc1ccc(C(=O)N2CCCN(C(=O)Cc3ccc[nH]3)CC2)cc1. The maximum Gasteiger partial charge on any atom is 0.253 e. The maximum atomic E-state index is 12.8. The fourth-order valence-corrected chi connectivity index (χ4v) is 3.22. The first-order valence-electron chi connectivity index (χ1n) is 9.59. The summed E-state index contributed by atoms with van der Waals surface area (Å²) >= 11 is 0. The number of benzene rings is 1. The fourth-order valence-electron chi connectivity index (χ4n) is 3.22. The molecule has 144 valence electrons. The number of ether oxygens (including phenoxy) is 1. The van der Waals surface area contributed by atoms with Gasteiger partial charge in [-0.15, -0.1) is 0 Å². The molecule has 1 aliphatic rings. The Bertz CT molecular complexity index is 741. The Kier molecular flexibility index (Phi) is 6.52. The number of carbonyl (C=O) groups excluding carboxylic acids is 2. The summed E-state index contributed by atoms with van der Waals surface area (Å²) in [5.74, 6) is 0.894. The highest BCUT2D eigenvalue weighted by molar-refractivity contribution is 5.94. The van der Waals surface area contributed by atoms with Crippen LogP contribution in [0.5, 0.6) is 5.75 Å². The largest absolute Gasteiger partial charge is 0.494 e. The molecule has 2 amide bonds. The molecule has 6 heteroatoms. The molecule has 2 heterocycles. The van der Waals surface area contributed by atoms with Gasteiger partial charge >= 0.3 is 0 Å². The van der Waals surface area contributed by atoms with Gasteiger partial charge in [0.2, 0.25) is 5.91 Å². The Morgan fingerprint density at radius 1 is 1.04 bits per heavy atom. The van der Waals surface area contributed by atoms with Crippen molar-refractivity contribution in [2.45, 2.75) is 26.2 Å². The van der Waals surface area contributed by atoms with Crippen LogP contribution in [-0.2, 0) is 11.2 Å². The molecule has 1 aliphatic heterocycles. The third-order valence-corrected chi connectivity index (χ3v) is 4.71. The molecular formula is C21H27N3O3. The number of hydrogen-bond acceptors (Lipinski definition) is 3. The van der Waals surface area contributed by atoms with Gasteiger partial charge in [-0.1, -0.05) is 6.92 Å². The van der Waals surface area contributed by atoms with Gasteiger partial charge in [0.05, 0.1) is 13.0 Å². The van der Waals surface area contributed by atoms with Crippen LogP contribution in [0.4, 0.5) is 0 Å². The van der Waals surface area contributed by atoms with E-state index >= 15 is 0 Å². The number of aromatic nitrogens is 1. The molecule has 2 aromatic rings. The van der Waals surface area contributed by atoms with Crippen molar-refractivity contribution in [3.63, 3.8) is 0 Å². The zero-order chi connectivity index (χ0) is 19.1. The molecular weight excluding hydrogens is 342 g/mol. The number of nitrogens with one attached hydrogen (secondary N) is 1. The van der Waals surface area contributed by atoms with Gasteiger partial charge in [0.25, 0.3) is 5.91 Å². The summed E-state index contributed by atoms with van der Waals surface area (Å²) in [5, 5.41) is 0. The number of carbonyl (C=O) groups is 2. The summed E-state index contributed by atoms with van der Waals surface area (Å²) < 4.78 is 5.57. The van der Waals surface area contributed by atoms with E-state index < -0.39 is 0 Å². The molecule has 27 heavy (non-hydrogen) atoms. The number of nitrogens with zero attached hydrogens (tertiary/aromatic N) is 2. The van der Waals surface area contributed by atoms with Gasteiger partial charge in [-0.05, 0) is 49.2 Å². The molecule has 0 saturated carbocycles. The minimum Gasteiger partial charge on any atom is -0.494 e. The van der Waals surface area contributed by atoms with E-state index in [0.29, 0.717) is 44.8 Å². The van der Waals surface area contributed by atoms with E-state index in [1.165, 1.54) is 0 Å². The molecule has 6 nitrogen and oxygen atoms in total. The van der Waals surface area contributed by atoms with Crippen LogP contribution >= 0.6 is 0 Å². The predicted molar refractivity (Wildman–Crippen MR) is 104 cm³/mol. The zero-order valence-electron chi connectivity index (χ0n) is 15.8. The van der Waals surface area contributed by atoms with Crippen LogP contribution in [0.3, 0.4) is 0 Å². The highest BCUT2D eigenvalue weighted by Crippen LogP contribution is 2.15. The Hall–Kier alpha value is -2.76. The first-order valence-corrected chi connectivity index (χ1v) is 9.59. The second-order valence-corrected chi connectivity index (χ2v) is 6.77. The molecule has 1 aromatic carbocycles. The molecule has 1 aromatic heterocycles. The average molecular weight is 369 g/mol. The van der Waals surface area contributed by atoms with E-state index in [1.807, 2.05) is 52.4 Å². The Balaban J connectivity index is 1.55. The molecule has 0 spiro atoms. The van der Waals surface area contributed by atoms with Gasteiger partial charge in [-0.25, -0.2) is 0 Å². The molecule has 0 unspecified atom stereocenters. The fraction of sp³-hybridized carbons (Fsp3) is 0.429. The van der Waals surface area contributed by atoms with Crippen LogP contribution < -0.4 is 4.74 Å². The monoisotopic (exact) mass is 369 g/mol. The quantitative estimate of drug-likeness (QED) is 0.851. The highest BCUT2D eigenvalue weighted by atomic mass is 16.5. The number of hydrogen-bond donors (Lipinski definition) is 1. The van der Waals surface area contributed by atoms with E-state index in [4.69, 9.17) is 4.74 Å². The highest BCUT2D eigenvalue weighted by Gasteiger charge is 2.23. The number of amides is 2. The minimum absolute atomic E-state index is 0.00992. The molecule has 3 rings (SSSR count). The average Bonchev–Trinajstić information content (AvgIpc) is 3.07. The van der Waals surface area contributed by atoms with Crippen LogP contribution in [0, 0.1) is 0 Å². The Morgan fingerprint density at radius 3 is 2.48 bits per heavy atom. The van der Waals surface area contributed by atoms with Crippen LogP contribution in [0.15, 0.2) is 42.6 Å². The van der Waals surface area contributed by atoms with Gasteiger partial charge in [-0.3, -0.25) is 9.59 Å². The maximum absolute atomic E-state index is 12.8. The second kappa shape index (κ2) is 9.26. The smallest absolute Gasteiger partial charge is 0.253 e. The third kappa shape index (κ3) is 5.12. The van der Waals surface area contributed by atoms with Gasteiger partial charge in [0.15, 0.2) is 0 Å². The summed E-state index contributed by atoms with van der Waals surface area (Å²) in [7, 11) is 0. The summed E-state index contributed by atoms with van der Waals surface area (Å²) in [6.07, 6.45) is 3.94. The van der Waals surface area contributed by atoms with E-state index in [9.17, 15) is 9.59 Å². The molecule has 1 saturated heterocycles. The lowest BCUT2D eigenvalue weighted by molar-refractivity contribution is -0.130. The number of aromatic amines is 1. The zero-order valence-corrected chi connectivity index (χ0v) is 15.8. The van der Waals surface area contributed by atoms with Crippen LogP contribution in [0.2, 0.25) is 0 Å². The normalized spacial score (nSPS) is 14.7. The first-order chi connectivity index (χ1) is 13.2. The van der Waals surface area contributed by atoms with Gasteiger partial charge in [0.1, 0.15) is 5.75 Å². The van der Waals surface area contributed by atoms with E-state index in [1.54, 1.807) is 0 Å². The van der Waals surface area contributed by atoms with Crippen molar-refractivity contribution >= 4 is 11.8 Å². The first kappa shape index (κ1) is 19.0. The standard InChI is InChI=1S/C21H27N3O3/c1-2-15-27-19-8-6-17(7-9-19)21(26)24-12-4-11-23(13-14-24)20(25)16-18-5-3-10-22-18/h3,5-10,22H,2,4,11-16H2,1H3. The van der Waals surface area contributed by atoms with Gasteiger partial charge in [0, 0.05) is 43.6 Å². The molecule has 1 N–H and O–H groups in total. The van der Waals surface area contributed by atoms with Crippen molar-refractivity contribution in [2.75, 3.05) is 32.8 Å². The summed E-state index contributed by atoms with van der Waals surface area (Å²) in [4.78, 5) is 32.0. The number of H-pyrrole nitrogens is 1. The van der Waals surface area contributed by atoms with E-state index in [0.717, 1.165) is 24.3 Å². The second-order valence-electron chi connectivity index (χ2n) is 6.77. The lowest BCUT2D eigenvalue weighted by Gasteiger charge is -2.22. The lowest BCUT2D eigenvalue weighted by atomic mass is 10.2. The minimum atomic E-state index is 0.00992. The van der Waals surface area contributed by atoms with Crippen molar-refractivity contribution in [1.29, 1.82) is 0 Å². The van der Waals surface area contributed by atoms with Gasteiger partial charge < -0.3 is 19.5 Å². The van der Waals surface area contributed by atoms with Crippen LogP contribution in [0.25, 0.3) is 0 Å². The third-order valence-electron chi connectivity index (χ3n) is 4.71. The van der Waals surface area contributed by atoms with Crippen molar-refractivity contribution in [2.24, 2.45) is 0 Å². The number of rotatable bonds is 6. The Morgan fingerprint density at radius 2 is 1.78 bits per heavy atom. The van der Waals surface area contributed by atoms with Crippen molar-refractivity contribution < 1.29 is 14.3 Å². The molecule has 1 fully saturated rings. The van der Waals surface area contributed by atoms with E-state index in [-0.39, 0.29) is 11.8 Å². The predicted octanol–water partition coefficient (Wildman–Crippen LogP) is 2.72. The van der Waals surface area contributed by atoms with Crippen molar-refractivity contribution in [3.05, 3.63) is 53.9 Å². The van der Waals surface area contributed by atoms with E-state index in [2.05, 4.69) is 11.9 Å². The molecule has 0 aliphatic carbocycles. The molecule has 0 atom stereocenters. The Labute approximate surface area is 160 Å².